The van der Waals surface area contributed by atoms with E-state index in [0.29, 0.717) is 0 Å². The Morgan fingerprint density at radius 3 is 2.20 bits per heavy atom. The maximum absolute atomic E-state index is 8.88. The molecule has 0 aromatic heterocycles. The van der Waals surface area contributed by atoms with Crippen molar-refractivity contribution in [3.8, 4) is 12.3 Å². The average molecular weight is 148 g/mol. The molecule has 0 fully saturated rings. The maximum Gasteiger partial charge on any atom is 0.202 e. The first-order valence-electron chi connectivity index (χ1n) is 2.39. The Balaban J connectivity index is 4.12. The van der Waals surface area contributed by atoms with Crippen LogP contribution in [0.4, 0.5) is 0 Å². The molecule has 0 aliphatic rings. The van der Waals surface area contributed by atoms with Crippen molar-refractivity contribution in [3.63, 3.8) is 0 Å². The SMILES string of the molecule is C#C[C@@](O)(COO)C(O)O. The van der Waals surface area contributed by atoms with Crippen LogP contribution in [-0.2, 0) is 4.89 Å². The van der Waals surface area contributed by atoms with Gasteiger partial charge in [0.15, 0.2) is 6.29 Å². The number of hydrogen-bond acceptors (Lipinski definition) is 5. The molecule has 0 spiro atoms. The summed E-state index contributed by atoms with van der Waals surface area (Å²) in [5.41, 5.74) is -2.24. The van der Waals surface area contributed by atoms with Crippen LogP contribution in [0.1, 0.15) is 0 Å². The third-order valence-electron chi connectivity index (χ3n) is 0.962. The lowest BCUT2D eigenvalue weighted by molar-refractivity contribution is -0.289. The molecule has 0 heterocycles. The van der Waals surface area contributed by atoms with Crippen LogP contribution in [0.3, 0.4) is 0 Å². The molecular formula is C5H8O5. The average Bonchev–Trinajstić information content (AvgIpc) is 1.88. The molecule has 0 radical (unpaired) electrons. The molecular weight excluding hydrogens is 140 g/mol. The van der Waals surface area contributed by atoms with E-state index in [9.17, 15) is 0 Å². The molecule has 0 rings (SSSR count). The predicted octanol–water partition coefficient (Wildman–Crippen LogP) is -1.85. The summed E-state index contributed by atoms with van der Waals surface area (Å²) in [6.07, 6.45) is 2.55. The monoisotopic (exact) mass is 148 g/mol. The molecule has 0 bridgehead atoms. The summed E-state index contributed by atoms with van der Waals surface area (Å²) in [5.74, 6) is 1.65. The van der Waals surface area contributed by atoms with E-state index in [-0.39, 0.29) is 0 Å². The lowest BCUT2D eigenvalue weighted by atomic mass is 10.1. The van der Waals surface area contributed by atoms with E-state index in [1.165, 1.54) is 0 Å². The molecule has 4 N–H and O–H groups in total. The molecule has 10 heavy (non-hydrogen) atoms. The van der Waals surface area contributed by atoms with Crippen LogP contribution >= 0.6 is 0 Å². The molecule has 58 valence electrons. The van der Waals surface area contributed by atoms with E-state index in [0.717, 1.165) is 0 Å². The van der Waals surface area contributed by atoms with Gasteiger partial charge in [0.25, 0.3) is 0 Å². The van der Waals surface area contributed by atoms with Crippen molar-refractivity contribution in [1.29, 1.82) is 0 Å². The fourth-order valence-electron chi connectivity index (χ4n) is 0.289. The lowest BCUT2D eigenvalue weighted by Gasteiger charge is -2.21. The summed E-state index contributed by atoms with van der Waals surface area (Å²) in [6, 6.07) is 0. The van der Waals surface area contributed by atoms with Gasteiger partial charge in [-0.05, 0) is 0 Å². The number of rotatable bonds is 3. The van der Waals surface area contributed by atoms with Gasteiger partial charge in [-0.1, -0.05) is 5.92 Å². The Morgan fingerprint density at radius 2 is 2.10 bits per heavy atom. The fraction of sp³-hybridized carbons (Fsp3) is 0.600. The van der Waals surface area contributed by atoms with Gasteiger partial charge in [-0.3, -0.25) is 5.26 Å². The van der Waals surface area contributed by atoms with Crippen LogP contribution < -0.4 is 0 Å². The molecule has 0 unspecified atom stereocenters. The Morgan fingerprint density at radius 1 is 1.60 bits per heavy atom. The minimum atomic E-state index is -2.24. The first-order valence-corrected chi connectivity index (χ1v) is 2.39. The minimum Gasteiger partial charge on any atom is -0.371 e. The van der Waals surface area contributed by atoms with Gasteiger partial charge < -0.3 is 15.3 Å². The summed E-state index contributed by atoms with van der Waals surface area (Å²) in [6.45, 7) is -0.749. The largest absolute Gasteiger partial charge is 0.371 e. The van der Waals surface area contributed by atoms with Gasteiger partial charge >= 0.3 is 0 Å². The molecule has 0 aliphatic heterocycles. The zero-order chi connectivity index (χ0) is 8.20. The van der Waals surface area contributed by atoms with E-state index in [4.69, 9.17) is 20.6 Å². The Kier molecular flexibility index (Phi) is 3.28. The van der Waals surface area contributed by atoms with Crippen LogP contribution in [0, 0.1) is 12.3 Å². The van der Waals surface area contributed by atoms with Gasteiger partial charge in [0.1, 0.15) is 6.61 Å². The van der Waals surface area contributed by atoms with E-state index in [1.807, 2.05) is 0 Å². The first kappa shape index (κ1) is 9.36. The molecule has 0 amide bonds. The highest BCUT2D eigenvalue weighted by molar-refractivity contribution is 5.08. The van der Waals surface area contributed by atoms with Crippen LogP contribution in [0.25, 0.3) is 0 Å². The molecule has 5 heteroatoms. The zero-order valence-corrected chi connectivity index (χ0v) is 5.06. The van der Waals surface area contributed by atoms with Gasteiger partial charge in [-0.25, -0.2) is 4.89 Å². The van der Waals surface area contributed by atoms with Crippen molar-refractivity contribution in [3.05, 3.63) is 0 Å². The van der Waals surface area contributed by atoms with E-state index in [2.05, 4.69) is 11.3 Å². The van der Waals surface area contributed by atoms with Crippen molar-refractivity contribution in [2.24, 2.45) is 0 Å². The Bertz CT molecular complexity index is 137. The predicted molar refractivity (Wildman–Crippen MR) is 30.6 cm³/mol. The number of hydrogen-bond donors (Lipinski definition) is 4. The number of aliphatic hydroxyl groups excluding tert-OH is 1. The summed E-state index contributed by atoms with van der Waals surface area (Å²) in [4.78, 5) is 3.45. The highest BCUT2D eigenvalue weighted by Gasteiger charge is 2.32. The van der Waals surface area contributed by atoms with Crippen LogP contribution in [0.5, 0.6) is 0 Å². The summed E-state index contributed by atoms with van der Waals surface area (Å²) in [7, 11) is 0. The van der Waals surface area contributed by atoms with Crippen molar-refractivity contribution in [1.82, 2.24) is 0 Å². The lowest BCUT2D eigenvalue weighted by Crippen LogP contribution is -2.44. The Labute approximate surface area is 57.4 Å². The summed E-state index contributed by atoms with van der Waals surface area (Å²) < 4.78 is 0. The molecule has 0 aromatic carbocycles. The molecule has 1 atom stereocenters. The van der Waals surface area contributed by atoms with Crippen molar-refractivity contribution >= 4 is 0 Å². The quantitative estimate of drug-likeness (QED) is 0.163. The fourth-order valence-corrected chi connectivity index (χ4v) is 0.289. The third kappa shape index (κ3) is 1.95. The van der Waals surface area contributed by atoms with Gasteiger partial charge in [0, 0.05) is 0 Å². The summed E-state index contributed by atoms with van der Waals surface area (Å²) in [5, 5.41) is 33.4. The van der Waals surface area contributed by atoms with E-state index >= 15 is 0 Å². The molecule has 0 saturated heterocycles. The molecule has 5 nitrogen and oxygen atoms in total. The van der Waals surface area contributed by atoms with Crippen LogP contribution in [0.15, 0.2) is 0 Å². The van der Waals surface area contributed by atoms with E-state index in [1.54, 1.807) is 5.92 Å². The normalized spacial score (nSPS) is 16.4. The van der Waals surface area contributed by atoms with Crippen molar-refractivity contribution < 1.29 is 25.5 Å². The molecule has 0 saturated carbocycles. The van der Waals surface area contributed by atoms with E-state index < -0.39 is 18.5 Å². The maximum atomic E-state index is 8.88. The highest BCUT2D eigenvalue weighted by atomic mass is 17.1. The van der Waals surface area contributed by atoms with Crippen molar-refractivity contribution in [2.45, 2.75) is 11.9 Å². The van der Waals surface area contributed by atoms with Crippen LogP contribution in [-0.4, -0.2) is 39.1 Å². The first-order chi connectivity index (χ1) is 4.56. The Hall–Kier alpha value is -0.640. The molecule has 0 aliphatic carbocycles. The van der Waals surface area contributed by atoms with Crippen LogP contribution in [0.2, 0.25) is 0 Å². The standard InChI is InChI=1S/C5H8O5/c1-2-5(8,3-10-9)4(6)7/h1,4,6-9H,3H2/t5-/m1/s1. The topological polar surface area (TPSA) is 90.2 Å². The van der Waals surface area contributed by atoms with Gasteiger partial charge in [-0.2, -0.15) is 0 Å². The number of terminal acetylenes is 1. The van der Waals surface area contributed by atoms with Gasteiger partial charge in [0.2, 0.25) is 5.60 Å². The van der Waals surface area contributed by atoms with Crippen molar-refractivity contribution in [2.75, 3.05) is 6.61 Å². The summed E-state index contributed by atoms with van der Waals surface area (Å²) >= 11 is 0. The molecule has 0 aromatic rings. The second kappa shape index (κ2) is 3.51. The van der Waals surface area contributed by atoms with Gasteiger partial charge in [0.05, 0.1) is 0 Å². The van der Waals surface area contributed by atoms with Gasteiger partial charge in [-0.15, -0.1) is 6.42 Å². The number of aliphatic hydroxyl groups is 3. The second-order valence-corrected chi connectivity index (χ2v) is 1.72. The minimum absolute atomic E-state index is 0.749. The third-order valence-corrected chi connectivity index (χ3v) is 0.962. The smallest absolute Gasteiger partial charge is 0.202 e. The highest BCUT2D eigenvalue weighted by Crippen LogP contribution is 2.06. The zero-order valence-electron chi connectivity index (χ0n) is 5.06. The second-order valence-electron chi connectivity index (χ2n) is 1.72.